The van der Waals surface area contributed by atoms with Crippen LogP contribution >= 0.6 is 0 Å². The standard InChI is InChI=1S/C30H31N3O4/c34-28(26(22-13-6-2-7-14-22)23-15-8-3-9-16-23)33-24-17-10-18-25(33)27(29(35)36)32(20-24)30(37)31-19-21-11-4-1-5-12-21/h1-9,11-16,24-27H,10,17-20H2,(H,31,37)(H,35,36)/t24-,25+,27-/m0/s1. The summed E-state index contributed by atoms with van der Waals surface area (Å²) < 4.78 is 0. The molecule has 7 nitrogen and oxygen atoms in total. The summed E-state index contributed by atoms with van der Waals surface area (Å²) in [6, 6.07) is 26.4. The number of hydrogen-bond donors (Lipinski definition) is 2. The van der Waals surface area contributed by atoms with E-state index in [2.05, 4.69) is 5.32 Å². The molecule has 2 N–H and O–H groups in total. The minimum Gasteiger partial charge on any atom is -0.480 e. The van der Waals surface area contributed by atoms with Gasteiger partial charge in [-0.2, -0.15) is 0 Å². The highest BCUT2D eigenvalue weighted by molar-refractivity contribution is 5.90. The largest absolute Gasteiger partial charge is 0.480 e. The molecule has 2 saturated heterocycles. The maximum Gasteiger partial charge on any atom is 0.328 e. The number of rotatable bonds is 6. The molecule has 2 bridgehead atoms. The van der Waals surface area contributed by atoms with E-state index < -0.39 is 30.0 Å². The zero-order chi connectivity index (χ0) is 25.8. The Labute approximate surface area is 216 Å². The number of fused-ring (bicyclic) bond motifs is 2. The van der Waals surface area contributed by atoms with Crippen molar-refractivity contribution in [1.82, 2.24) is 15.1 Å². The van der Waals surface area contributed by atoms with Crippen LogP contribution in [0.3, 0.4) is 0 Å². The number of benzene rings is 3. The molecule has 2 heterocycles. The Kier molecular flexibility index (Phi) is 7.21. The Morgan fingerprint density at radius 2 is 1.41 bits per heavy atom. The quantitative estimate of drug-likeness (QED) is 0.533. The van der Waals surface area contributed by atoms with Gasteiger partial charge in [0.2, 0.25) is 5.91 Å². The van der Waals surface area contributed by atoms with Gasteiger partial charge in [0.25, 0.3) is 0 Å². The number of carbonyl (C=O) groups excluding carboxylic acids is 2. The van der Waals surface area contributed by atoms with E-state index in [0.29, 0.717) is 13.0 Å². The minimum absolute atomic E-state index is 0.109. The Hall–Kier alpha value is -4.13. The number of piperidine rings is 1. The third-order valence-electron chi connectivity index (χ3n) is 7.46. The lowest BCUT2D eigenvalue weighted by molar-refractivity contribution is -0.158. The van der Waals surface area contributed by atoms with Gasteiger partial charge in [-0.1, -0.05) is 91.0 Å². The second-order valence-corrected chi connectivity index (χ2v) is 9.73. The fraction of sp³-hybridized carbons (Fsp3) is 0.300. The molecule has 3 atom stereocenters. The number of urea groups is 1. The second kappa shape index (κ2) is 10.9. The minimum atomic E-state index is -1.11. The predicted octanol–water partition coefficient (Wildman–Crippen LogP) is 4.25. The van der Waals surface area contributed by atoms with Crippen molar-refractivity contribution in [3.63, 3.8) is 0 Å². The van der Waals surface area contributed by atoms with Crippen LogP contribution in [0.5, 0.6) is 0 Å². The summed E-state index contributed by atoms with van der Waals surface area (Å²) >= 11 is 0. The van der Waals surface area contributed by atoms with Gasteiger partial charge in [-0.3, -0.25) is 4.79 Å². The molecule has 37 heavy (non-hydrogen) atoms. The molecule has 3 amide bonds. The number of aliphatic carboxylic acids is 1. The van der Waals surface area contributed by atoms with Crippen LogP contribution in [-0.2, 0) is 16.1 Å². The summed E-state index contributed by atoms with van der Waals surface area (Å²) in [5.41, 5.74) is 2.67. The number of nitrogens with one attached hydrogen (secondary N) is 1. The summed E-state index contributed by atoms with van der Waals surface area (Å²) in [5.74, 6) is -1.74. The summed E-state index contributed by atoms with van der Waals surface area (Å²) in [6.45, 7) is 0.501. The molecule has 7 heteroatoms. The molecule has 190 valence electrons. The van der Waals surface area contributed by atoms with Gasteiger partial charge < -0.3 is 20.2 Å². The molecule has 2 fully saturated rings. The smallest absolute Gasteiger partial charge is 0.328 e. The van der Waals surface area contributed by atoms with Crippen LogP contribution in [-0.4, -0.2) is 57.5 Å². The first-order chi connectivity index (χ1) is 18.0. The highest BCUT2D eigenvalue weighted by atomic mass is 16.4. The molecule has 2 aliphatic heterocycles. The average Bonchev–Trinajstić information content (AvgIpc) is 2.92. The first kappa shape index (κ1) is 24.6. The summed E-state index contributed by atoms with van der Waals surface area (Å²) in [6.07, 6.45) is 2.09. The van der Waals surface area contributed by atoms with Crippen molar-refractivity contribution in [3.8, 4) is 0 Å². The first-order valence-corrected chi connectivity index (χ1v) is 12.8. The van der Waals surface area contributed by atoms with Crippen molar-refractivity contribution in [2.24, 2.45) is 0 Å². The molecule has 0 spiro atoms. The van der Waals surface area contributed by atoms with Crippen molar-refractivity contribution in [2.75, 3.05) is 6.54 Å². The molecule has 0 aliphatic carbocycles. The number of amides is 3. The van der Waals surface area contributed by atoms with Crippen molar-refractivity contribution < 1.29 is 19.5 Å². The van der Waals surface area contributed by atoms with Gasteiger partial charge in [0.05, 0.1) is 12.0 Å². The summed E-state index contributed by atoms with van der Waals surface area (Å²) in [5, 5.41) is 13.1. The zero-order valence-corrected chi connectivity index (χ0v) is 20.6. The molecule has 3 aromatic rings. The Bertz CT molecular complexity index is 1200. The number of hydrogen-bond acceptors (Lipinski definition) is 3. The molecule has 0 aromatic heterocycles. The maximum absolute atomic E-state index is 14.3. The number of carbonyl (C=O) groups is 3. The molecule has 0 unspecified atom stereocenters. The maximum atomic E-state index is 14.3. The topological polar surface area (TPSA) is 89.9 Å². The average molecular weight is 498 g/mol. The fourth-order valence-electron chi connectivity index (χ4n) is 5.79. The molecule has 5 rings (SSSR count). The van der Waals surface area contributed by atoms with Gasteiger partial charge in [-0.05, 0) is 36.0 Å². The van der Waals surface area contributed by atoms with E-state index in [4.69, 9.17) is 0 Å². The Morgan fingerprint density at radius 1 is 0.838 bits per heavy atom. The van der Waals surface area contributed by atoms with Crippen LogP contribution in [0.2, 0.25) is 0 Å². The van der Waals surface area contributed by atoms with E-state index in [-0.39, 0.29) is 18.5 Å². The zero-order valence-electron chi connectivity index (χ0n) is 20.6. The molecule has 0 radical (unpaired) electrons. The number of piperazine rings is 1. The summed E-state index contributed by atoms with van der Waals surface area (Å²) in [7, 11) is 0. The second-order valence-electron chi connectivity index (χ2n) is 9.73. The van der Waals surface area contributed by atoms with Crippen molar-refractivity contribution in [3.05, 3.63) is 108 Å². The predicted molar refractivity (Wildman–Crippen MR) is 140 cm³/mol. The van der Waals surface area contributed by atoms with Crippen LogP contribution in [0, 0.1) is 0 Å². The number of carboxylic acid groups (broad SMARTS) is 1. The van der Waals surface area contributed by atoms with Crippen LogP contribution in [0.1, 0.15) is 41.9 Å². The van der Waals surface area contributed by atoms with Crippen LogP contribution in [0.25, 0.3) is 0 Å². The van der Waals surface area contributed by atoms with E-state index in [1.165, 1.54) is 4.90 Å². The van der Waals surface area contributed by atoms with E-state index in [1.807, 2.05) is 91.0 Å². The Morgan fingerprint density at radius 3 is 1.97 bits per heavy atom. The molecular weight excluding hydrogens is 466 g/mol. The third-order valence-corrected chi connectivity index (χ3v) is 7.46. The lowest BCUT2D eigenvalue weighted by atomic mass is 9.82. The van der Waals surface area contributed by atoms with Gasteiger partial charge in [0, 0.05) is 19.1 Å². The highest BCUT2D eigenvalue weighted by Crippen LogP contribution is 2.37. The lowest BCUT2D eigenvalue weighted by Crippen LogP contribution is -2.71. The van der Waals surface area contributed by atoms with Gasteiger partial charge in [0.1, 0.15) is 0 Å². The first-order valence-electron chi connectivity index (χ1n) is 12.8. The molecule has 3 aromatic carbocycles. The molecule has 0 saturated carbocycles. The van der Waals surface area contributed by atoms with E-state index in [9.17, 15) is 19.5 Å². The summed E-state index contributed by atoms with van der Waals surface area (Å²) in [4.78, 5) is 43.3. The van der Waals surface area contributed by atoms with Crippen LogP contribution < -0.4 is 5.32 Å². The lowest BCUT2D eigenvalue weighted by Gasteiger charge is -2.53. The highest BCUT2D eigenvalue weighted by Gasteiger charge is 2.51. The fourth-order valence-corrected chi connectivity index (χ4v) is 5.79. The molecular formula is C30H31N3O4. The Balaban J connectivity index is 1.44. The van der Waals surface area contributed by atoms with E-state index >= 15 is 0 Å². The third kappa shape index (κ3) is 5.07. The number of nitrogens with zero attached hydrogens (tertiary/aromatic N) is 2. The van der Waals surface area contributed by atoms with Crippen LogP contribution in [0.4, 0.5) is 4.79 Å². The van der Waals surface area contributed by atoms with Gasteiger partial charge in [0.15, 0.2) is 6.04 Å². The normalized spacial score (nSPS) is 20.9. The monoisotopic (exact) mass is 497 g/mol. The van der Waals surface area contributed by atoms with Gasteiger partial charge in [-0.25, -0.2) is 9.59 Å². The van der Waals surface area contributed by atoms with Crippen molar-refractivity contribution in [1.29, 1.82) is 0 Å². The van der Waals surface area contributed by atoms with E-state index in [0.717, 1.165) is 29.5 Å². The SMILES string of the molecule is O=C(O)[C@@H]1[C@H]2CCC[C@@H](CN1C(=O)NCc1ccccc1)N2C(=O)C(c1ccccc1)c1ccccc1. The molecule has 2 aliphatic rings. The van der Waals surface area contributed by atoms with Crippen LogP contribution in [0.15, 0.2) is 91.0 Å². The van der Waals surface area contributed by atoms with Gasteiger partial charge >= 0.3 is 12.0 Å². The van der Waals surface area contributed by atoms with E-state index in [1.54, 1.807) is 4.90 Å². The number of likely N-dealkylation sites (tertiary alicyclic amines) is 1. The number of carboxylic acids is 1. The van der Waals surface area contributed by atoms with Crippen molar-refractivity contribution >= 4 is 17.9 Å². The van der Waals surface area contributed by atoms with Gasteiger partial charge in [-0.15, -0.1) is 0 Å². The van der Waals surface area contributed by atoms with Crippen molar-refractivity contribution in [2.45, 2.75) is 49.9 Å².